The number of methoxy groups -OCH3 is 1. The zero-order valence-corrected chi connectivity index (χ0v) is 26.3. The Morgan fingerprint density at radius 3 is 2.45 bits per heavy atom. The number of allylic oxidation sites excluding steroid dienone is 1. The molecule has 0 aliphatic rings. The van der Waals surface area contributed by atoms with Gasteiger partial charge in [-0.25, -0.2) is 4.98 Å². The van der Waals surface area contributed by atoms with Crippen molar-refractivity contribution in [3.63, 3.8) is 0 Å². The van der Waals surface area contributed by atoms with E-state index >= 15 is 0 Å². The van der Waals surface area contributed by atoms with E-state index in [9.17, 15) is 9.59 Å². The number of ether oxygens (including phenoxy) is 2. The fourth-order valence-electron chi connectivity index (χ4n) is 4.43. The molecule has 2 heterocycles. The lowest BCUT2D eigenvalue weighted by Gasteiger charge is -2.23. The van der Waals surface area contributed by atoms with Crippen LogP contribution < -0.4 is 25.4 Å². The predicted octanol–water partition coefficient (Wildman–Crippen LogP) is 4.45. The van der Waals surface area contributed by atoms with Gasteiger partial charge in [0.15, 0.2) is 5.75 Å². The number of aromatic nitrogens is 3. The van der Waals surface area contributed by atoms with E-state index in [0.717, 1.165) is 23.4 Å². The van der Waals surface area contributed by atoms with Gasteiger partial charge in [-0.1, -0.05) is 20.8 Å². The van der Waals surface area contributed by atoms with Crippen LogP contribution in [0.4, 0.5) is 11.6 Å². The van der Waals surface area contributed by atoms with Crippen LogP contribution in [0.5, 0.6) is 11.6 Å². The van der Waals surface area contributed by atoms with Crippen molar-refractivity contribution in [3.05, 3.63) is 64.6 Å². The van der Waals surface area contributed by atoms with Crippen molar-refractivity contribution in [2.75, 3.05) is 52.0 Å². The Balaban J connectivity index is 1.92. The third-order valence-corrected chi connectivity index (χ3v) is 6.72. The summed E-state index contributed by atoms with van der Waals surface area (Å²) in [6.45, 7) is 11.4. The highest BCUT2D eigenvalue weighted by molar-refractivity contribution is 6.07. The summed E-state index contributed by atoms with van der Waals surface area (Å²) in [7, 11) is 8.84. The van der Waals surface area contributed by atoms with Gasteiger partial charge in [0.2, 0.25) is 11.8 Å². The lowest BCUT2D eigenvalue weighted by molar-refractivity contribution is 0.0957. The highest BCUT2D eigenvalue weighted by Crippen LogP contribution is 2.36. The summed E-state index contributed by atoms with van der Waals surface area (Å²) in [6, 6.07) is 7.13. The molecule has 1 aromatic carbocycles. The summed E-state index contributed by atoms with van der Waals surface area (Å²) in [5, 5.41) is 8.82. The lowest BCUT2D eigenvalue weighted by Crippen LogP contribution is -2.23. The Hall–Kier alpha value is -4.38. The number of carbonyl (C=O) groups is 2. The first-order chi connectivity index (χ1) is 19.8. The van der Waals surface area contributed by atoms with Crippen LogP contribution in [0.1, 0.15) is 65.4 Å². The number of benzene rings is 1. The first kappa shape index (κ1) is 32.1. The van der Waals surface area contributed by atoms with Gasteiger partial charge >= 0.3 is 0 Å². The van der Waals surface area contributed by atoms with Gasteiger partial charge in [-0.15, -0.1) is 0 Å². The van der Waals surface area contributed by atoms with Crippen LogP contribution in [-0.4, -0.2) is 72.6 Å². The minimum absolute atomic E-state index is 0.274. The van der Waals surface area contributed by atoms with Crippen molar-refractivity contribution in [2.45, 2.75) is 40.0 Å². The molecule has 2 aromatic heterocycles. The zero-order valence-electron chi connectivity index (χ0n) is 26.3. The summed E-state index contributed by atoms with van der Waals surface area (Å²) in [5.74, 6) is 1.02. The van der Waals surface area contributed by atoms with Gasteiger partial charge in [0.1, 0.15) is 11.5 Å². The molecule has 3 N–H and O–H groups in total. The molecule has 0 fully saturated rings. The molecule has 0 saturated heterocycles. The summed E-state index contributed by atoms with van der Waals surface area (Å²) in [5.41, 5.74) is 3.34. The topological polar surface area (TPSA) is 123 Å². The molecule has 3 rings (SSSR count). The van der Waals surface area contributed by atoms with E-state index in [-0.39, 0.29) is 23.0 Å². The normalized spacial score (nSPS) is 11.8. The molecule has 0 bridgehead atoms. The number of carbonyl (C=O) groups excluding carboxylic acids is 2. The molecule has 2 amide bonds. The second-order valence-electron chi connectivity index (χ2n) is 11.2. The minimum Gasteiger partial charge on any atom is -0.494 e. The Kier molecular flexibility index (Phi) is 10.3. The van der Waals surface area contributed by atoms with Crippen molar-refractivity contribution < 1.29 is 19.1 Å². The number of nitrogens with one attached hydrogen (secondary N) is 3. The molecular formula is C31H43N7O4. The van der Waals surface area contributed by atoms with E-state index in [1.807, 2.05) is 60.9 Å². The molecule has 0 aliphatic heterocycles. The quantitative estimate of drug-likeness (QED) is 0.286. The summed E-state index contributed by atoms with van der Waals surface area (Å²) in [6.07, 6.45) is 3.47. The number of hydrogen-bond acceptors (Lipinski definition) is 8. The number of hydrogen-bond donors (Lipinski definition) is 3. The molecule has 11 nitrogen and oxygen atoms in total. The number of anilines is 2. The maximum absolute atomic E-state index is 13.7. The maximum Gasteiger partial charge on any atom is 0.272 e. The largest absolute Gasteiger partial charge is 0.494 e. The first-order valence-electron chi connectivity index (χ1n) is 13.8. The van der Waals surface area contributed by atoms with Gasteiger partial charge in [0, 0.05) is 39.4 Å². The minimum atomic E-state index is -0.357. The van der Waals surface area contributed by atoms with E-state index in [2.05, 4.69) is 30.8 Å². The smallest absolute Gasteiger partial charge is 0.272 e. The number of nitrogens with zero attached hydrogens (tertiary/aromatic N) is 4. The van der Waals surface area contributed by atoms with Crippen molar-refractivity contribution in [1.82, 2.24) is 24.8 Å². The van der Waals surface area contributed by atoms with Crippen molar-refractivity contribution in [1.29, 1.82) is 0 Å². The van der Waals surface area contributed by atoms with E-state index in [0.29, 0.717) is 41.1 Å². The average molecular weight is 578 g/mol. The van der Waals surface area contributed by atoms with Crippen LogP contribution in [0, 0.1) is 6.92 Å². The van der Waals surface area contributed by atoms with Crippen LogP contribution in [0.2, 0.25) is 0 Å². The van der Waals surface area contributed by atoms with E-state index in [4.69, 9.17) is 9.47 Å². The fraction of sp³-hybridized carbons (Fsp3) is 0.419. The molecular weight excluding hydrogens is 534 g/mol. The number of amides is 2. The summed E-state index contributed by atoms with van der Waals surface area (Å²) >= 11 is 0. The summed E-state index contributed by atoms with van der Waals surface area (Å²) in [4.78, 5) is 37.2. The third kappa shape index (κ3) is 7.47. The van der Waals surface area contributed by atoms with E-state index in [1.54, 1.807) is 43.1 Å². The zero-order chi connectivity index (χ0) is 31.2. The van der Waals surface area contributed by atoms with Crippen LogP contribution in [0.3, 0.4) is 0 Å². The molecule has 0 aliphatic carbocycles. The molecule has 3 aromatic rings. The Morgan fingerprint density at radius 2 is 1.86 bits per heavy atom. The van der Waals surface area contributed by atoms with Gasteiger partial charge < -0.3 is 34.9 Å². The highest BCUT2D eigenvalue weighted by atomic mass is 16.5. The van der Waals surface area contributed by atoms with Crippen LogP contribution in [0.15, 0.2) is 36.5 Å². The Labute approximate surface area is 248 Å². The SMILES string of the molecule is C/C=C(/Oc1ccnc(NCCN(C)C)n1)c1c(C)cc(C(=O)Nc2cc(C(C)(C)C)cc(C(=O)NC)c2OC)n1C. The third-order valence-electron chi connectivity index (χ3n) is 6.72. The van der Waals surface area contributed by atoms with Gasteiger partial charge in [-0.05, 0) is 68.8 Å². The predicted molar refractivity (Wildman–Crippen MR) is 167 cm³/mol. The second kappa shape index (κ2) is 13.5. The average Bonchev–Trinajstić information content (AvgIpc) is 3.23. The molecule has 0 spiro atoms. The monoisotopic (exact) mass is 577 g/mol. The van der Waals surface area contributed by atoms with Crippen molar-refractivity contribution >= 4 is 29.2 Å². The van der Waals surface area contributed by atoms with Crippen LogP contribution in [-0.2, 0) is 12.5 Å². The first-order valence-corrected chi connectivity index (χ1v) is 13.8. The van der Waals surface area contributed by atoms with Crippen molar-refractivity contribution in [3.8, 4) is 11.6 Å². The fourth-order valence-corrected chi connectivity index (χ4v) is 4.43. The van der Waals surface area contributed by atoms with Crippen LogP contribution >= 0.6 is 0 Å². The molecule has 11 heteroatoms. The molecule has 0 atom stereocenters. The van der Waals surface area contributed by atoms with Crippen molar-refractivity contribution in [2.24, 2.45) is 7.05 Å². The molecule has 42 heavy (non-hydrogen) atoms. The van der Waals surface area contributed by atoms with Gasteiger partial charge in [0.25, 0.3) is 11.8 Å². The number of likely N-dealkylation sites (N-methyl/N-ethyl adjacent to an activating group) is 1. The number of aryl methyl sites for hydroxylation is 1. The molecule has 226 valence electrons. The van der Waals surface area contributed by atoms with Gasteiger partial charge in [-0.2, -0.15) is 4.98 Å². The van der Waals surface area contributed by atoms with E-state index < -0.39 is 0 Å². The number of rotatable bonds is 11. The maximum atomic E-state index is 13.7. The standard InChI is InChI=1S/C31H43N7O4/c1-11-24(42-25-12-13-33-30(36-25)34-14-15-37(7)8)26-19(2)16-23(38(26)9)29(40)35-22-18-20(31(3,4)5)17-21(27(22)41-10)28(39)32-6/h11-13,16-18H,14-15H2,1-10H3,(H,32,39)(H,35,40)(H,33,34,36)/b24-11+. The van der Waals surface area contributed by atoms with Crippen LogP contribution in [0.25, 0.3) is 5.76 Å². The van der Waals surface area contributed by atoms with Gasteiger partial charge in [0.05, 0.1) is 24.1 Å². The molecule has 0 radical (unpaired) electrons. The lowest BCUT2D eigenvalue weighted by atomic mass is 9.85. The van der Waals surface area contributed by atoms with Gasteiger partial charge in [-0.3, -0.25) is 9.59 Å². The molecule has 0 saturated carbocycles. The second-order valence-corrected chi connectivity index (χ2v) is 11.2. The van der Waals surface area contributed by atoms with E-state index in [1.165, 1.54) is 7.11 Å². The Morgan fingerprint density at radius 1 is 1.14 bits per heavy atom. The molecule has 0 unspecified atom stereocenters. The summed E-state index contributed by atoms with van der Waals surface area (Å²) < 4.78 is 13.6. The highest BCUT2D eigenvalue weighted by Gasteiger charge is 2.25. The Bertz CT molecular complexity index is 1470.